The number of benzene rings is 2. The fourth-order valence-electron chi connectivity index (χ4n) is 3.06. The molecule has 3 rings (SSSR count). The lowest BCUT2D eigenvalue weighted by molar-refractivity contribution is -0.121. The SMILES string of the molecule is CC(C)(C)NC(=O)CNC(=O)c1cn(Cc2ccccc2)c2ccccc12. The Hall–Kier alpha value is -3.08. The maximum atomic E-state index is 12.7. The van der Waals surface area contributed by atoms with E-state index in [4.69, 9.17) is 0 Å². The molecule has 0 aliphatic rings. The number of para-hydroxylation sites is 1. The molecule has 0 spiro atoms. The standard InChI is InChI=1S/C22H25N3O2/c1-22(2,3)24-20(26)13-23-21(27)18-15-25(14-16-9-5-4-6-10-16)19-12-8-7-11-17(18)19/h4-12,15H,13-14H2,1-3H3,(H,23,27)(H,24,26). The summed E-state index contributed by atoms with van der Waals surface area (Å²) in [6, 6.07) is 17.9. The number of aromatic nitrogens is 1. The van der Waals surface area contributed by atoms with Gasteiger partial charge in [0.2, 0.25) is 5.91 Å². The minimum atomic E-state index is -0.326. The van der Waals surface area contributed by atoms with Crippen LogP contribution in [-0.4, -0.2) is 28.5 Å². The normalized spacial score (nSPS) is 11.4. The fraction of sp³-hybridized carbons (Fsp3) is 0.273. The first-order valence-electron chi connectivity index (χ1n) is 9.04. The van der Waals surface area contributed by atoms with E-state index in [0.29, 0.717) is 12.1 Å². The van der Waals surface area contributed by atoms with Gasteiger partial charge in [0.25, 0.3) is 5.91 Å². The number of carbonyl (C=O) groups excluding carboxylic acids is 2. The zero-order chi connectivity index (χ0) is 19.4. The second-order valence-corrected chi connectivity index (χ2v) is 7.65. The molecule has 0 radical (unpaired) electrons. The smallest absolute Gasteiger partial charge is 0.253 e. The van der Waals surface area contributed by atoms with Crippen LogP contribution in [0.4, 0.5) is 0 Å². The third-order valence-corrected chi connectivity index (χ3v) is 4.15. The number of nitrogens with one attached hydrogen (secondary N) is 2. The second kappa shape index (κ2) is 7.66. The average molecular weight is 363 g/mol. The number of hydrogen-bond acceptors (Lipinski definition) is 2. The van der Waals surface area contributed by atoms with E-state index in [1.165, 1.54) is 0 Å². The predicted octanol–water partition coefficient (Wildman–Crippen LogP) is 3.33. The second-order valence-electron chi connectivity index (χ2n) is 7.65. The minimum Gasteiger partial charge on any atom is -0.350 e. The predicted molar refractivity (Wildman–Crippen MR) is 108 cm³/mol. The van der Waals surface area contributed by atoms with Gasteiger partial charge < -0.3 is 15.2 Å². The number of nitrogens with zero attached hydrogens (tertiary/aromatic N) is 1. The van der Waals surface area contributed by atoms with E-state index in [0.717, 1.165) is 16.5 Å². The number of rotatable bonds is 5. The molecule has 0 bridgehead atoms. The van der Waals surface area contributed by atoms with Gasteiger partial charge >= 0.3 is 0 Å². The van der Waals surface area contributed by atoms with Crippen molar-refractivity contribution in [2.24, 2.45) is 0 Å². The van der Waals surface area contributed by atoms with Gasteiger partial charge in [0.05, 0.1) is 12.1 Å². The molecule has 1 heterocycles. The Labute approximate surface area is 159 Å². The van der Waals surface area contributed by atoms with Crippen LogP contribution in [0.2, 0.25) is 0 Å². The van der Waals surface area contributed by atoms with Crippen LogP contribution in [0.1, 0.15) is 36.7 Å². The quantitative estimate of drug-likeness (QED) is 0.730. The van der Waals surface area contributed by atoms with Gasteiger partial charge in [-0.15, -0.1) is 0 Å². The zero-order valence-corrected chi connectivity index (χ0v) is 16.0. The van der Waals surface area contributed by atoms with Gasteiger partial charge in [0.1, 0.15) is 0 Å². The number of hydrogen-bond donors (Lipinski definition) is 2. The molecule has 0 atom stereocenters. The topological polar surface area (TPSA) is 63.1 Å². The van der Waals surface area contributed by atoms with Crippen molar-refractivity contribution in [3.63, 3.8) is 0 Å². The summed E-state index contributed by atoms with van der Waals surface area (Å²) in [5, 5.41) is 6.45. The Kier molecular flexibility index (Phi) is 5.31. The molecule has 0 fully saturated rings. The van der Waals surface area contributed by atoms with Gasteiger partial charge in [0.15, 0.2) is 0 Å². The highest BCUT2D eigenvalue weighted by Crippen LogP contribution is 2.22. The van der Waals surface area contributed by atoms with E-state index in [-0.39, 0.29) is 23.9 Å². The third-order valence-electron chi connectivity index (χ3n) is 4.15. The maximum Gasteiger partial charge on any atom is 0.253 e. The molecular formula is C22H25N3O2. The molecule has 2 amide bonds. The van der Waals surface area contributed by atoms with Crippen molar-refractivity contribution in [2.75, 3.05) is 6.54 Å². The van der Waals surface area contributed by atoms with Gasteiger partial charge in [0, 0.05) is 29.2 Å². The van der Waals surface area contributed by atoms with Crippen molar-refractivity contribution in [2.45, 2.75) is 32.9 Å². The molecule has 27 heavy (non-hydrogen) atoms. The van der Waals surface area contributed by atoms with E-state index in [9.17, 15) is 9.59 Å². The first-order valence-corrected chi connectivity index (χ1v) is 9.04. The summed E-state index contributed by atoms with van der Waals surface area (Å²) >= 11 is 0. The Morgan fingerprint density at radius 2 is 1.63 bits per heavy atom. The highest BCUT2D eigenvalue weighted by Gasteiger charge is 2.18. The summed E-state index contributed by atoms with van der Waals surface area (Å²) in [6.45, 7) is 6.35. The molecule has 5 nitrogen and oxygen atoms in total. The lowest BCUT2D eigenvalue weighted by Crippen LogP contribution is -2.45. The molecule has 3 aromatic rings. The molecule has 2 aromatic carbocycles. The van der Waals surface area contributed by atoms with Crippen LogP contribution >= 0.6 is 0 Å². The first-order chi connectivity index (χ1) is 12.8. The van der Waals surface area contributed by atoms with E-state index < -0.39 is 0 Å². The molecule has 0 saturated heterocycles. The van der Waals surface area contributed by atoms with Crippen molar-refractivity contribution in [3.8, 4) is 0 Å². The van der Waals surface area contributed by atoms with Gasteiger partial charge in [-0.25, -0.2) is 0 Å². The van der Waals surface area contributed by atoms with Crippen LogP contribution in [0.3, 0.4) is 0 Å². The zero-order valence-electron chi connectivity index (χ0n) is 16.0. The van der Waals surface area contributed by atoms with Crippen LogP contribution in [0, 0.1) is 0 Å². The fourth-order valence-corrected chi connectivity index (χ4v) is 3.06. The highest BCUT2D eigenvalue weighted by atomic mass is 16.2. The van der Waals surface area contributed by atoms with Gasteiger partial charge in [-0.2, -0.15) is 0 Å². The molecule has 5 heteroatoms. The summed E-state index contributed by atoms with van der Waals surface area (Å²) in [7, 11) is 0. The summed E-state index contributed by atoms with van der Waals surface area (Å²) in [6.07, 6.45) is 1.86. The van der Waals surface area contributed by atoms with Crippen molar-refractivity contribution >= 4 is 22.7 Å². The van der Waals surface area contributed by atoms with Crippen LogP contribution in [0.15, 0.2) is 60.8 Å². The summed E-state index contributed by atoms with van der Waals surface area (Å²) in [5.41, 5.74) is 2.40. The van der Waals surface area contributed by atoms with Crippen LogP contribution < -0.4 is 10.6 Å². The molecule has 140 valence electrons. The van der Waals surface area contributed by atoms with E-state index in [1.807, 2.05) is 69.4 Å². The third kappa shape index (κ3) is 4.76. The molecule has 0 saturated carbocycles. The largest absolute Gasteiger partial charge is 0.350 e. The van der Waals surface area contributed by atoms with Crippen molar-refractivity contribution < 1.29 is 9.59 Å². The Bertz CT molecular complexity index is 953. The maximum absolute atomic E-state index is 12.7. The van der Waals surface area contributed by atoms with Crippen LogP contribution in [0.25, 0.3) is 10.9 Å². The van der Waals surface area contributed by atoms with Crippen molar-refractivity contribution in [1.29, 1.82) is 0 Å². The molecular weight excluding hydrogens is 338 g/mol. The minimum absolute atomic E-state index is 0.0473. The molecule has 0 aliphatic carbocycles. The number of carbonyl (C=O) groups is 2. The lowest BCUT2D eigenvalue weighted by Gasteiger charge is -2.20. The van der Waals surface area contributed by atoms with Crippen molar-refractivity contribution in [1.82, 2.24) is 15.2 Å². The van der Waals surface area contributed by atoms with E-state index in [2.05, 4.69) is 27.3 Å². The first kappa shape index (κ1) is 18.7. The van der Waals surface area contributed by atoms with E-state index in [1.54, 1.807) is 0 Å². The monoisotopic (exact) mass is 363 g/mol. The van der Waals surface area contributed by atoms with Gasteiger partial charge in [-0.05, 0) is 32.4 Å². The van der Waals surface area contributed by atoms with Crippen LogP contribution in [-0.2, 0) is 11.3 Å². The molecule has 2 N–H and O–H groups in total. The van der Waals surface area contributed by atoms with Crippen molar-refractivity contribution in [3.05, 3.63) is 71.9 Å². The number of amides is 2. The number of fused-ring (bicyclic) bond motifs is 1. The highest BCUT2D eigenvalue weighted by molar-refractivity contribution is 6.07. The van der Waals surface area contributed by atoms with E-state index >= 15 is 0 Å². The van der Waals surface area contributed by atoms with Crippen LogP contribution in [0.5, 0.6) is 0 Å². The molecule has 0 unspecified atom stereocenters. The Morgan fingerprint density at radius 3 is 2.33 bits per heavy atom. The average Bonchev–Trinajstić information content (AvgIpc) is 2.98. The Balaban J connectivity index is 1.80. The lowest BCUT2D eigenvalue weighted by atomic mass is 10.1. The summed E-state index contributed by atoms with van der Waals surface area (Å²) in [5.74, 6) is -0.453. The summed E-state index contributed by atoms with van der Waals surface area (Å²) < 4.78 is 2.06. The molecule has 0 aliphatic heterocycles. The van der Waals surface area contributed by atoms with Gasteiger partial charge in [-0.1, -0.05) is 48.5 Å². The molecule has 1 aromatic heterocycles. The van der Waals surface area contributed by atoms with Gasteiger partial charge in [-0.3, -0.25) is 9.59 Å². The Morgan fingerprint density at radius 1 is 0.963 bits per heavy atom. The summed E-state index contributed by atoms with van der Waals surface area (Å²) in [4.78, 5) is 24.7.